The Labute approximate surface area is 100 Å². The van der Waals surface area contributed by atoms with E-state index in [9.17, 15) is 4.79 Å². The van der Waals surface area contributed by atoms with Gasteiger partial charge in [-0.25, -0.2) is 14.7 Å². The molecule has 0 atom stereocenters. The summed E-state index contributed by atoms with van der Waals surface area (Å²) < 4.78 is 0. The first kappa shape index (κ1) is 13.0. The lowest BCUT2D eigenvalue weighted by atomic mass is 10.2. The molecule has 0 saturated heterocycles. The van der Waals surface area contributed by atoms with Crippen LogP contribution in [0.1, 0.15) is 13.8 Å². The van der Waals surface area contributed by atoms with Crippen molar-refractivity contribution in [2.45, 2.75) is 13.8 Å². The van der Waals surface area contributed by atoms with Crippen LogP contribution < -0.4 is 16.0 Å². The molecule has 1 aromatic heterocycles. The van der Waals surface area contributed by atoms with Crippen LogP contribution in [0.3, 0.4) is 0 Å². The van der Waals surface area contributed by atoms with Crippen LogP contribution in [0.15, 0.2) is 24.4 Å². The number of aromatic nitrogens is 1. The molecule has 0 aliphatic rings. The molecule has 1 rings (SSSR count). The van der Waals surface area contributed by atoms with Gasteiger partial charge < -0.3 is 11.1 Å². The molecule has 6 nitrogen and oxygen atoms in total. The van der Waals surface area contributed by atoms with Crippen molar-refractivity contribution in [1.29, 1.82) is 5.41 Å². The Morgan fingerprint density at radius 2 is 2.29 bits per heavy atom. The highest BCUT2D eigenvalue weighted by atomic mass is 16.2. The number of nitrogens with zero attached hydrogens (tertiary/aromatic N) is 2. The van der Waals surface area contributed by atoms with E-state index < -0.39 is 6.03 Å². The second-order valence-electron chi connectivity index (χ2n) is 3.99. The second kappa shape index (κ2) is 5.83. The molecule has 1 heterocycles. The van der Waals surface area contributed by atoms with Gasteiger partial charge in [0.05, 0.1) is 0 Å². The number of carbonyl (C=O) groups excluding carboxylic acids is 1. The summed E-state index contributed by atoms with van der Waals surface area (Å²) in [5, 5.41) is 10.1. The van der Waals surface area contributed by atoms with E-state index in [1.165, 1.54) is 0 Å². The summed E-state index contributed by atoms with van der Waals surface area (Å²) in [6, 6.07) is 4.64. The Morgan fingerprint density at radius 1 is 1.59 bits per heavy atom. The molecule has 1 aromatic rings. The predicted molar refractivity (Wildman–Crippen MR) is 66.9 cm³/mol. The zero-order valence-corrected chi connectivity index (χ0v) is 9.97. The molecule has 0 spiro atoms. The monoisotopic (exact) mass is 235 g/mol. The van der Waals surface area contributed by atoms with Crippen molar-refractivity contribution in [2.75, 3.05) is 11.4 Å². The molecule has 0 saturated carbocycles. The molecule has 17 heavy (non-hydrogen) atoms. The third-order valence-corrected chi connectivity index (χ3v) is 1.98. The third-order valence-electron chi connectivity index (χ3n) is 1.98. The van der Waals surface area contributed by atoms with Gasteiger partial charge in [0.2, 0.25) is 5.96 Å². The van der Waals surface area contributed by atoms with Gasteiger partial charge in [-0.2, -0.15) is 0 Å². The first-order chi connectivity index (χ1) is 8.02. The maximum absolute atomic E-state index is 11.8. The fourth-order valence-corrected chi connectivity index (χ4v) is 1.19. The molecule has 0 aliphatic carbocycles. The van der Waals surface area contributed by atoms with Crippen molar-refractivity contribution in [3.05, 3.63) is 24.4 Å². The third kappa shape index (κ3) is 3.75. The Morgan fingerprint density at radius 3 is 2.76 bits per heavy atom. The average molecular weight is 235 g/mol. The van der Waals surface area contributed by atoms with Crippen molar-refractivity contribution in [2.24, 2.45) is 11.7 Å². The highest BCUT2D eigenvalue weighted by Gasteiger charge is 2.19. The van der Waals surface area contributed by atoms with Crippen LogP contribution in [-0.4, -0.2) is 23.5 Å². The zero-order chi connectivity index (χ0) is 12.8. The number of anilines is 1. The zero-order valence-electron chi connectivity index (χ0n) is 9.97. The minimum absolute atomic E-state index is 0.330. The minimum atomic E-state index is -0.440. The van der Waals surface area contributed by atoms with Crippen molar-refractivity contribution >= 4 is 17.8 Å². The minimum Gasteiger partial charge on any atom is -0.369 e. The molecule has 0 unspecified atom stereocenters. The lowest BCUT2D eigenvalue weighted by Crippen LogP contribution is -2.48. The summed E-state index contributed by atoms with van der Waals surface area (Å²) in [4.78, 5) is 16.9. The number of carbonyl (C=O) groups is 1. The highest BCUT2D eigenvalue weighted by Crippen LogP contribution is 2.08. The van der Waals surface area contributed by atoms with Crippen LogP contribution in [0.5, 0.6) is 0 Å². The Balaban J connectivity index is 2.80. The maximum atomic E-state index is 11.8. The number of rotatable bonds is 3. The lowest BCUT2D eigenvalue weighted by Gasteiger charge is -2.20. The molecule has 92 valence electrons. The number of hydrogen-bond acceptors (Lipinski definition) is 3. The van der Waals surface area contributed by atoms with E-state index in [-0.39, 0.29) is 5.96 Å². The van der Waals surface area contributed by atoms with Gasteiger partial charge in [0.15, 0.2) is 0 Å². The SMILES string of the molecule is CC(C)CNC(=O)N(C(=N)N)c1ccccn1. The van der Waals surface area contributed by atoms with Gasteiger partial charge in [0.25, 0.3) is 0 Å². The number of hydrogen-bond donors (Lipinski definition) is 3. The molecule has 0 aromatic carbocycles. The Hall–Kier alpha value is -2.11. The van der Waals surface area contributed by atoms with Crippen LogP contribution in [-0.2, 0) is 0 Å². The molecule has 2 amide bonds. The number of urea groups is 1. The second-order valence-corrected chi connectivity index (χ2v) is 3.99. The van der Waals surface area contributed by atoms with E-state index in [2.05, 4.69) is 10.3 Å². The fourth-order valence-electron chi connectivity index (χ4n) is 1.19. The highest BCUT2D eigenvalue weighted by molar-refractivity contribution is 6.13. The predicted octanol–water partition coefficient (Wildman–Crippen LogP) is 1.15. The van der Waals surface area contributed by atoms with E-state index in [1.54, 1.807) is 24.4 Å². The summed E-state index contributed by atoms with van der Waals surface area (Å²) in [6.45, 7) is 4.49. The standard InChI is InChI=1S/C11H17N5O/c1-8(2)7-15-11(17)16(10(12)13)9-5-3-4-6-14-9/h3-6,8H,7H2,1-2H3,(H3,12,13)(H,15,17). The van der Waals surface area contributed by atoms with Gasteiger partial charge in [-0.15, -0.1) is 0 Å². The lowest BCUT2D eigenvalue weighted by molar-refractivity contribution is 0.247. The molecule has 4 N–H and O–H groups in total. The van der Waals surface area contributed by atoms with E-state index in [0.29, 0.717) is 18.3 Å². The number of guanidine groups is 1. The number of pyridine rings is 1. The van der Waals surface area contributed by atoms with Crippen LogP contribution in [0.4, 0.5) is 10.6 Å². The van der Waals surface area contributed by atoms with E-state index >= 15 is 0 Å². The molecule has 0 aliphatic heterocycles. The molecule has 0 radical (unpaired) electrons. The van der Waals surface area contributed by atoms with Crippen LogP contribution in [0, 0.1) is 11.3 Å². The molecule has 0 bridgehead atoms. The normalized spacial score (nSPS) is 10.1. The summed E-state index contributed by atoms with van der Waals surface area (Å²) >= 11 is 0. The fraction of sp³-hybridized carbons (Fsp3) is 0.364. The van der Waals surface area contributed by atoms with Crippen LogP contribution in [0.2, 0.25) is 0 Å². The smallest absolute Gasteiger partial charge is 0.330 e. The molecular formula is C11H17N5O. The van der Waals surface area contributed by atoms with Gasteiger partial charge in [0, 0.05) is 12.7 Å². The Bertz CT molecular complexity index is 390. The summed E-state index contributed by atoms with van der Waals surface area (Å²) in [7, 11) is 0. The number of amides is 2. The van der Waals surface area contributed by atoms with Gasteiger partial charge in [0.1, 0.15) is 5.82 Å². The first-order valence-corrected chi connectivity index (χ1v) is 5.35. The summed E-state index contributed by atoms with van der Waals surface area (Å²) in [6.07, 6.45) is 1.54. The van der Waals surface area contributed by atoms with Gasteiger partial charge in [-0.1, -0.05) is 19.9 Å². The molecule has 6 heteroatoms. The van der Waals surface area contributed by atoms with Gasteiger partial charge in [-0.05, 0) is 18.1 Å². The summed E-state index contributed by atoms with van der Waals surface area (Å²) in [5.41, 5.74) is 5.38. The molecule has 0 fully saturated rings. The topological polar surface area (TPSA) is 95.1 Å². The van der Waals surface area contributed by atoms with Crippen molar-refractivity contribution < 1.29 is 4.79 Å². The largest absolute Gasteiger partial charge is 0.369 e. The van der Waals surface area contributed by atoms with Crippen molar-refractivity contribution in [3.8, 4) is 0 Å². The van der Waals surface area contributed by atoms with Crippen LogP contribution in [0.25, 0.3) is 0 Å². The van der Waals surface area contributed by atoms with Crippen molar-refractivity contribution in [1.82, 2.24) is 10.3 Å². The number of nitrogens with two attached hydrogens (primary N) is 1. The molecular weight excluding hydrogens is 218 g/mol. The maximum Gasteiger partial charge on any atom is 0.330 e. The number of nitrogens with one attached hydrogen (secondary N) is 2. The van der Waals surface area contributed by atoms with Gasteiger partial charge in [-0.3, -0.25) is 5.41 Å². The van der Waals surface area contributed by atoms with E-state index in [1.807, 2.05) is 13.8 Å². The quantitative estimate of drug-likeness (QED) is 0.541. The first-order valence-electron chi connectivity index (χ1n) is 5.35. The Kier molecular flexibility index (Phi) is 4.45. The van der Waals surface area contributed by atoms with E-state index in [0.717, 1.165) is 4.90 Å². The van der Waals surface area contributed by atoms with Gasteiger partial charge >= 0.3 is 6.03 Å². The average Bonchev–Trinajstić information content (AvgIpc) is 2.27. The van der Waals surface area contributed by atoms with Crippen LogP contribution >= 0.6 is 0 Å². The van der Waals surface area contributed by atoms with E-state index in [4.69, 9.17) is 11.1 Å². The van der Waals surface area contributed by atoms with Crippen molar-refractivity contribution in [3.63, 3.8) is 0 Å². The summed E-state index contributed by atoms with van der Waals surface area (Å²) in [5.74, 6) is 0.308.